The maximum atomic E-state index is 11.6. The summed E-state index contributed by atoms with van der Waals surface area (Å²) in [6.45, 7) is 13.6. The van der Waals surface area contributed by atoms with Crippen molar-refractivity contribution in [2.24, 2.45) is 0 Å². The van der Waals surface area contributed by atoms with Crippen molar-refractivity contribution in [2.45, 2.75) is 33.8 Å². The summed E-state index contributed by atoms with van der Waals surface area (Å²) in [4.78, 5) is 20.4. The summed E-state index contributed by atoms with van der Waals surface area (Å²) >= 11 is 0. The third-order valence-corrected chi connectivity index (χ3v) is 2.48. The van der Waals surface area contributed by atoms with E-state index in [1.165, 1.54) is 13.0 Å². The van der Waals surface area contributed by atoms with Gasteiger partial charge in [-0.2, -0.15) is 0 Å². The lowest BCUT2D eigenvalue weighted by atomic mass is 10.3. The molecular formula is C18H24N2O5. The smallest absolute Gasteiger partial charge is 0.417 e. The number of carbonyl (C=O) groups excluding carboxylic acids is 1. The number of nitrogens with zero attached hydrogens (tertiary/aromatic N) is 1. The quantitative estimate of drug-likeness (QED) is 0.341. The van der Waals surface area contributed by atoms with E-state index in [9.17, 15) is 14.9 Å². The van der Waals surface area contributed by atoms with Crippen molar-refractivity contribution in [1.29, 1.82) is 0 Å². The van der Waals surface area contributed by atoms with Crippen LogP contribution in [0, 0.1) is 10.1 Å². The predicted molar refractivity (Wildman–Crippen MR) is 98.1 cm³/mol. The van der Waals surface area contributed by atoms with Gasteiger partial charge in [-0.05, 0) is 63.8 Å². The summed E-state index contributed by atoms with van der Waals surface area (Å²) < 4.78 is 10.5. The lowest BCUT2D eigenvalue weighted by Gasteiger charge is -2.10. The maximum absolute atomic E-state index is 11.6. The second-order valence-electron chi connectivity index (χ2n) is 5.09. The summed E-state index contributed by atoms with van der Waals surface area (Å²) in [7, 11) is 0. The number of nitro groups is 1. The van der Waals surface area contributed by atoms with E-state index in [1.807, 2.05) is 13.8 Å². The van der Waals surface area contributed by atoms with Gasteiger partial charge in [0, 0.05) is 12.6 Å². The van der Waals surface area contributed by atoms with Crippen LogP contribution in [-0.2, 0) is 4.74 Å². The average Bonchev–Trinajstić information content (AvgIpc) is 2.54. The molecule has 0 spiro atoms. The van der Waals surface area contributed by atoms with Gasteiger partial charge in [-0.1, -0.05) is 6.58 Å². The van der Waals surface area contributed by atoms with Crippen molar-refractivity contribution < 1.29 is 19.2 Å². The Labute approximate surface area is 147 Å². The Kier molecular flexibility index (Phi) is 10.0. The van der Waals surface area contributed by atoms with Crippen LogP contribution in [-0.4, -0.2) is 17.1 Å². The fourth-order valence-corrected chi connectivity index (χ4v) is 1.36. The second-order valence-corrected chi connectivity index (χ2v) is 5.09. The highest BCUT2D eigenvalue weighted by molar-refractivity contribution is 5.85. The molecule has 0 atom stereocenters. The molecule has 1 aromatic rings. The van der Waals surface area contributed by atoms with E-state index >= 15 is 0 Å². The molecule has 0 saturated heterocycles. The first-order valence-corrected chi connectivity index (χ1v) is 7.53. The molecule has 0 heterocycles. The lowest BCUT2D eigenvalue weighted by Crippen LogP contribution is -2.12. The molecule has 1 aromatic carbocycles. The largest absolute Gasteiger partial charge is 0.491 e. The molecule has 0 aliphatic rings. The number of hydrogen-bond acceptors (Lipinski definition) is 5. The third-order valence-electron chi connectivity index (χ3n) is 2.48. The van der Waals surface area contributed by atoms with Crippen LogP contribution < -0.4 is 10.1 Å². The fourth-order valence-electron chi connectivity index (χ4n) is 1.36. The van der Waals surface area contributed by atoms with E-state index in [2.05, 4.69) is 18.5 Å². The Morgan fingerprint density at radius 3 is 2.20 bits per heavy atom. The number of ether oxygens (including phenoxy) is 2. The van der Waals surface area contributed by atoms with Crippen molar-refractivity contribution in [3.05, 3.63) is 71.1 Å². The van der Waals surface area contributed by atoms with Crippen LogP contribution in [0.3, 0.4) is 0 Å². The molecule has 0 fully saturated rings. The zero-order valence-corrected chi connectivity index (χ0v) is 14.9. The number of anilines is 1. The van der Waals surface area contributed by atoms with Gasteiger partial charge in [-0.15, -0.1) is 0 Å². The van der Waals surface area contributed by atoms with Crippen LogP contribution in [0.1, 0.15) is 27.7 Å². The van der Waals surface area contributed by atoms with Gasteiger partial charge in [0.05, 0.1) is 11.0 Å². The summed E-state index contributed by atoms with van der Waals surface area (Å²) in [5.74, 6) is 1.17. The van der Waals surface area contributed by atoms with Crippen molar-refractivity contribution in [1.82, 2.24) is 0 Å². The minimum atomic E-state index is -0.550. The van der Waals surface area contributed by atoms with E-state index in [0.29, 0.717) is 11.4 Å². The first-order valence-electron chi connectivity index (χ1n) is 7.53. The number of carbonyl (C=O) groups is 1. The fraction of sp³-hybridized carbons (Fsp3) is 0.278. The summed E-state index contributed by atoms with van der Waals surface area (Å²) in [5, 5.41) is 12.0. The first kappa shape index (κ1) is 21.9. The zero-order chi connectivity index (χ0) is 19.4. The number of amides is 1. The summed E-state index contributed by atoms with van der Waals surface area (Å²) in [5.41, 5.74) is 0.621. The van der Waals surface area contributed by atoms with Crippen LogP contribution in [0.2, 0.25) is 0 Å². The van der Waals surface area contributed by atoms with Crippen molar-refractivity contribution in [2.75, 3.05) is 5.32 Å². The lowest BCUT2D eigenvalue weighted by molar-refractivity contribution is -0.423. The van der Waals surface area contributed by atoms with Crippen LogP contribution in [0.15, 0.2) is 61.0 Å². The van der Waals surface area contributed by atoms with E-state index in [1.54, 1.807) is 37.3 Å². The molecule has 0 radical (unpaired) electrons. The molecule has 136 valence electrons. The zero-order valence-electron chi connectivity index (χ0n) is 14.9. The highest BCUT2D eigenvalue weighted by Gasteiger charge is 2.05. The van der Waals surface area contributed by atoms with Gasteiger partial charge in [0.15, 0.2) is 0 Å². The van der Waals surface area contributed by atoms with E-state index < -0.39 is 11.0 Å². The highest BCUT2D eigenvalue weighted by atomic mass is 16.6. The minimum absolute atomic E-state index is 0.0185. The molecule has 1 rings (SSSR count). The average molecular weight is 348 g/mol. The Morgan fingerprint density at radius 2 is 1.84 bits per heavy atom. The van der Waals surface area contributed by atoms with Gasteiger partial charge in [0.2, 0.25) is 5.70 Å². The first-order chi connectivity index (χ1) is 11.7. The topological polar surface area (TPSA) is 90.7 Å². The van der Waals surface area contributed by atoms with Crippen LogP contribution in [0.4, 0.5) is 10.5 Å². The molecule has 0 aromatic heterocycles. The molecule has 25 heavy (non-hydrogen) atoms. The molecule has 0 aliphatic carbocycles. The highest BCUT2D eigenvalue weighted by Crippen LogP contribution is 2.17. The molecule has 0 unspecified atom stereocenters. The van der Waals surface area contributed by atoms with Crippen LogP contribution in [0.5, 0.6) is 5.75 Å². The van der Waals surface area contributed by atoms with Gasteiger partial charge in [-0.3, -0.25) is 15.4 Å². The molecule has 1 amide bonds. The van der Waals surface area contributed by atoms with Crippen molar-refractivity contribution in [3.8, 4) is 5.75 Å². The van der Waals surface area contributed by atoms with Crippen LogP contribution in [0.25, 0.3) is 0 Å². The van der Waals surface area contributed by atoms with E-state index in [0.717, 1.165) is 5.75 Å². The number of hydrogen-bond donors (Lipinski definition) is 1. The molecule has 1 N–H and O–H groups in total. The van der Waals surface area contributed by atoms with Crippen molar-refractivity contribution >= 4 is 11.8 Å². The summed E-state index contributed by atoms with van der Waals surface area (Å²) in [6, 6.07) is 7.09. The Hall–Kier alpha value is -3.09. The van der Waals surface area contributed by atoms with Gasteiger partial charge in [0.25, 0.3) is 0 Å². The van der Waals surface area contributed by atoms with Gasteiger partial charge in [0.1, 0.15) is 11.5 Å². The number of benzene rings is 1. The molecule has 7 nitrogen and oxygen atoms in total. The van der Waals surface area contributed by atoms with Crippen molar-refractivity contribution in [3.63, 3.8) is 0 Å². The summed E-state index contributed by atoms with van der Waals surface area (Å²) in [6.07, 6.45) is 2.70. The Bertz CT molecular complexity index is 621. The molecule has 7 heteroatoms. The monoisotopic (exact) mass is 348 g/mol. The third kappa shape index (κ3) is 10.3. The molecule has 0 saturated carbocycles. The maximum Gasteiger partial charge on any atom is 0.417 e. The van der Waals surface area contributed by atoms with Crippen LogP contribution >= 0.6 is 0 Å². The standard InChI is InChI=1S/C15H19NO3.C3H5NO2/c1-5-13(6-2)19-15(17)16-12-7-9-14(10-8-12)18-11(3)4;1-3(2)4(5)6/h5-11H,1H2,2-4H3,(H,16,17);1H2,2H3/b13-6+;. The Balaban J connectivity index is 0.000000823. The normalized spacial score (nSPS) is 10.2. The Morgan fingerprint density at radius 1 is 1.32 bits per heavy atom. The van der Waals surface area contributed by atoms with E-state index in [-0.39, 0.29) is 11.8 Å². The van der Waals surface area contributed by atoms with E-state index in [4.69, 9.17) is 9.47 Å². The minimum Gasteiger partial charge on any atom is -0.491 e. The van der Waals surface area contributed by atoms with Gasteiger partial charge in [-0.25, -0.2) is 4.79 Å². The molecular weight excluding hydrogens is 324 g/mol. The number of rotatable bonds is 6. The van der Waals surface area contributed by atoms with Gasteiger partial charge >= 0.3 is 6.09 Å². The van der Waals surface area contributed by atoms with Gasteiger partial charge < -0.3 is 9.47 Å². The number of nitrogens with one attached hydrogen (secondary N) is 1. The second kappa shape index (κ2) is 11.4. The molecule has 0 aliphatic heterocycles. The predicted octanol–water partition coefficient (Wildman–Crippen LogP) is 4.91. The molecule has 0 bridgehead atoms. The SMILES string of the molecule is C=C(C)[N+](=O)[O-].C=C/C(=C\C)OC(=O)Nc1ccc(OC(C)C)cc1. The number of allylic oxidation sites excluding steroid dienone is 3.